The van der Waals surface area contributed by atoms with E-state index in [1.54, 1.807) is 0 Å². The van der Waals surface area contributed by atoms with Crippen LogP contribution in [0, 0.1) is 6.92 Å². The lowest BCUT2D eigenvalue weighted by Crippen LogP contribution is -2.45. The Kier molecular flexibility index (Phi) is 8.62. The zero-order valence-corrected chi connectivity index (χ0v) is 19.1. The van der Waals surface area contributed by atoms with Crippen LogP contribution in [0.25, 0.3) is 10.9 Å². The highest BCUT2D eigenvalue weighted by Gasteiger charge is 2.34. The molecule has 1 aromatic carbocycles. The Balaban J connectivity index is 0.00000300. The number of alkyl halides is 3. The van der Waals surface area contributed by atoms with Crippen molar-refractivity contribution < 1.29 is 13.2 Å². The van der Waals surface area contributed by atoms with Crippen LogP contribution in [-0.4, -0.2) is 60.8 Å². The fraction of sp³-hybridized carbons (Fsp3) is 0.550. The number of nitrogens with zero attached hydrogens (tertiary/aromatic N) is 2. The third-order valence-electron chi connectivity index (χ3n) is 5.02. The summed E-state index contributed by atoms with van der Waals surface area (Å²) in [4.78, 5) is 9.39. The predicted octanol–water partition coefficient (Wildman–Crippen LogP) is 3.83. The molecule has 162 valence electrons. The minimum atomic E-state index is -4.15. The van der Waals surface area contributed by atoms with E-state index in [-0.39, 0.29) is 30.0 Å². The summed E-state index contributed by atoms with van der Waals surface area (Å²) in [5.41, 5.74) is 3.59. The van der Waals surface area contributed by atoms with Gasteiger partial charge in [0.1, 0.15) is 0 Å². The van der Waals surface area contributed by atoms with Crippen molar-refractivity contribution in [2.45, 2.75) is 38.9 Å². The van der Waals surface area contributed by atoms with Crippen molar-refractivity contribution in [3.63, 3.8) is 0 Å². The first-order valence-corrected chi connectivity index (χ1v) is 9.75. The number of H-pyrrole nitrogens is 1. The summed E-state index contributed by atoms with van der Waals surface area (Å²) in [7, 11) is 0. The molecule has 9 heteroatoms. The van der Waals surface area contributed by atoms with Gasteiger partial charge < -0.3 is 15.6 Å². The fourth-order valence-corrected chi connectivity index (χ4v) is 3.72. The molecule has 3 N–H and O–H groups in total. The highest BCUT2D eigenvalue weighted by molar-refractivity contribution is 14.0. The second-order valence-corrected chi connectivity index (χ2v) is 7.30. The predicted molar refractivity (Wildman–Crippen MR) is 122 cm³/mol. The van der Waals surface area contributed by atoms with Gasteiger partial charge in [-0.25, -0.2) is 0 Å². The first-order chi connectivity index (χ1) is 13.4. The van der Waals surface area contributed by atoms with Gasteiger partial charge in [0, 0.05) is 49.3 Å². The molecule has 2 heterocycles. The van der Waals surface area contributed by atoms with Crippen molar-refractivity contribution in [2.75, 3.05) is 32.7 Å². The van der Waals surface area contributed by atoms with Gasteiger partial charge >= 0.3 is 6.18 Å². The van der Waals surface area contributed by atoms with E-state index in [0.29, 0.717) is 38.6 Å². The van der Waals surface area contributed by atoms with Gasteiger partial charge in [-0.05, 0) is 37.8 Å². The summed E-state index contributed by atoms with van der Waals surface area (Å²) in [6.07, 6.45) is -0.641. The van der Waals surface area contributed by atoms with Gasteiger partial charge in [-0.15, -0.1) is 24.0 Å². The summed E-state index contributed by atoms with van der Waals surface area (Å²) < 4.78 is 37.7. The zero-order chi connectivity index (χ0) is 20.1. The molecule has 3 rings (SSSR count). The van der Waals surface area contributed by atoms with E-state index in [1.807, 2.05) is 13.1 Å². The number of halogens is 4. The molecule has 0 radical (unpaired) electrons. The topological polar surface area (TPSA) is 55.5 Å². The van der Waals surface area contributed by atoms with Crippen LogP contribution >= 0.6 is 24.0 Å². The Morgan fingerprint density at radius 2 is 2.14 bits per heavy atom. The van der Waals surface area contributed by atoms with Crippen molar-refractivity contribution >= 4 is 40.8 Å². The summed E-state index contributed by atoms with van der Waals surface area (Å²) in [5.74, 6) is 0.664. The van der Waals surface area contributed by atoms with E-state index in [4.69, 9.17) is 0 Å². The summed E-state index contributed by atoms with van der Waals surface area (Å²) in [6.45, 7) is 5.35. The largest absolute Gasteiger partial charge is 0.401 e. The van der Waals surface area contributed by atoms with Crippen molar-refractivity contribution in [3.8, 4) is 0 Å². The lowest BCUT2D eigenvalue weighted by atomic mass is 10.1. The standard InChI is InChI=1S/C20H28F3N5.HI/c1-3-24-19(27-16-8-10-28(12-16)13-20(21,22)23)25-9-7-15-11-26-18-14(2)5-4-6-17(15)18;/h4-6,11,16,26H,3,7-10,12-13H2,1-2H3,(H2,24,25,27);1H. The summed E-state index contributed by atoms with van der Waals surface area (Å²) in [5, 5.41) is 7.68. The third-order valence-corrected chi connectivity index (χ3v) is 5.02. The maximum atomic E-state index is 12.6. The van der Waals surface area contributed by atoms with Crippen molar-refractivity contribution in [2.24, 2.45) is 4.99 Å². The molecule has 1 aliphatic heterocycles. The number of aromatic nitrogens is 1. The summed E-state index contributed by atoms with van der Waals surface area (Å²) in [6, 6.07) is 6.22. The van der Waals surface area contributed by atoms with E-state index >= 15 is 0 Å². The molecular weight excluding hydrogens is 494 g/mol. The van der Waals surface area contributed by atoms with Gasteiger partial charge in [0.15, 0.2) is 5.96 Å². The Labute approximate surface area is 186 Å². The van der Waals surface area contributed by atoms with E-state index in [0.717, 1.165) is 11.9 Å². The molecule has 2 aromatic rings. The maximum Gasteiger partial charge on any atom is 0.401 e. The summed E-state index contributed by atoms with van der Waals surface area (Å²) >= 11 is 0. The number of nitrogens with one attached hydrogen (secondary N) is 3. The highest BCUT2D eigenvalue weighted by Crippen LogP contribution is 2.22. The second kappa shape index (κ2) is 10.5. The van der Waals surface area contributed by atoms with E-state index in [1.165, 1.54) is 21.4 Å². The average molecular weight is 523 g/mol. The van der Waals surface area contributed by atoms with E-state index in [2.05, 4.69) is 45.7 Å². The molecule has 1 atom stereocenters. The number of hydrogen-bond donors (Lipinski definition) is 3. The molecular formula is C20H29F3IN5. The van der Waals surface area contributed by atoms with Crippen LogP contribution in [0.4, 0.5) is 13.2 Å². The van der Waals surface area contributed by atoms with Crippen LogP contribution in [0.1, 0.15) is 24.5 Å². The molecule has 0 amide bonds. The van der Waals surface area contributed by atoms with Crippen LogP contribution in [0.2, 0.25) is 0 Å². The molecule has 0 spiro atoms. The first kappa shape index (κ1) is 23.8. The molecule has 1 saturated heterocycles. The monoisotopic (exact) mass is 523 g/mol. The Bertz CT molecular complexity index is 818. The fourth-order valence-electron chi connectivity index (χ4n) is 3.72. The SMILES string of the molecule is CCNC(=NCCc1c[nH]c2c(C)cccc12)NC1CCN(CC(F)(F)F)C1.I. The van der Waals surface area contributed by atoms with Gasteiger partial charge in [0.2, 0.25) is 0 Å². The number of fused-ring (bicyclic) bond motifs is 1. The first-order valence-electron chi connectivity index (χ1n) is 9.75. The molecule has 1 fully saturated rings. The number of para-hydroxylation sites is 1. The molecule has 29 heavy (non-hydrogen) atoms. The number of aliphatic imine (C=N–C) groups is 1. The minimum absolute atomic E-state index is 0. The van der Waals surface area contributed by atoms with Gasteiger partial charge in [-0.2, -0.15) is 13.2 Å². The average Bonchev–Trinajstić information content (AvgIpc) is 3.21. The number of hydrogen-bond acceptors (Lipinski definition) is 2. The van der Waals surface area contributed by atoms with Crippen molar-refractivity contribution in [3.05, 3.63) is 35.5 Å². The Morgan fingerprint density at radius 1 is 1.34 bits per heavy atom. The molecule has 0 saturated carbocycles. The molecule has 0 aliphatic carbocycles. The number of aryl methyl sites for hydroxylation is 1. The minimum Gasteiger partial charge on any atom is -0.361 e. The second-order valence-electron chi connectivity index (χ2n) is 7.30. The van der Waals surface area contributed by atoms with Crippen LogP contribution in [0.15, 0.2) is 29.4 Å². The quantitative estimate of drug-likeness (QED) is 0.307. The highest BCUT2D eigenvalue weighted by atomic mass is 127. The molecule has 1 aliphatic rings. The number of benzene rings is 1. The number of rotatable bonds is 6. The Morgan fingerprint density at radius 3 is 2.86 bits per heavy atom. The maximum absolute atomic E-state index is 12.6. The van der Waals surface area contributed by atoms with Gasteiger partial charge in [0.25, 0.3) is 0 Å². The van der Waals surface area contributed by atoms with Gasteiger partial charge in [-0.1, -0.05) is 18.2 Å². The van der Waals surface area contributed by atoms with Crippen molar-refractivity contribution in [1.82, 2.24) is 20.5 Å². The third kappa shape index (κ3) is 6.77. The van der Waals surface area contributed by atoms with Crippen molar-refractivity contribution in [1.29, 1.82) is 0 Å². The molecule has 1 unspecified atom stereocenters. The lowest BCUT2D eigenvalue weighted by molar-refractivity contribution is -0.143. The number of likely N-dealkylation sites (tertiary alicyclic amines) is 1. The van der Waals surface area contributed by atoms with Gasteiger partial charge in [0.05, 0.1) is 6.54 Å². The number of aromatic amines is 1. The normalized spacial score (nSPS) is 18.1. The molecule has 0 bridgehead atoms. The zero-order valence-electron chi connectivity index (χ0n) is 16.8. The molecule has 5 nitrogen and oxygen atoms in total. The molecule has 1 aromatic heterocycles. The number of guanidine groups is 1. The smallest absolute Gasteiger partial charge is 0.361 e. The van der Waals surface area contributed by atoms with Crippen LogP contribution in [0.3, 0.4) is 0 Å². The van der Waals surface area contributed by atoms with Gasteiger partial charge in [-0.3, -0.25) is 9.89 Å². The van der Waals surface area contributed by atoms with Crippen LogP contribution in [0.5, 0.6) is 0 Å². The van der Waals surface area contributed by atoms with E-state index < -0.39 is 12.7 Å². The van der Waals surface area contributed by atoms with Crippen LogP contribution < -0.4 is 10.6 Å². The van der Waals surface area contributed by atoms with E-state index in [9.17, 15) is 13.2 Å². The lowest BCUT2D eigenvalue weighted by Gasteiger charge is -2.19. The van der Waals surface area contributed by atoms with Crippen LogP contribution in [-0.2, 0) is 6.42 Å². The Hall–Kier alpha value is -1.49.